The molecule has 0 aliphatic carbocycles. The summed E-state index contributed by atoms with van der Waals surface area (Å²) in [6.07, 6.45) is 2.05. The molecule has 1 aliphatic heterocycles. The maximum Gasteiger partial charge on any atom is 0.225 e. The van der Waals surface area contributed by atoms with Crippen LogP contribution < -0.4 is 4.74 Å². The van der Waals surface area contributed by atoms with E-state index in [0.717, 1.165) is 30.8 Å². The second kappa shape index (κ2) is 8.71. The van der Waals surface area contributed by atoms with Crippen molar-refractivity contribution in [3.8, 4) is 5.75 Å². The maximum atomic E-state index is 12.5. The Labute approximate surface area is 144 Å². The second-order valence-electron chi connectivity index (χ2n) is 6.57. The molecule has 1 aromatic rings. The van der Waals surface area contributed by atoms with Gasteiger partial charge in [-0.3, -0.25) is 9.59 Å². The SMILES string of the molecule is COc1cccc(CCC(=O)N2CCCN(C(=O)C(C)C)CC2)c1. The molecule has 5 nitrogen and oxygen atoms in total. The van der Waals surface area contributed by atoms with Crippen LogP contribution in [0, 0.1) is 5.92 Å². The number of rotatable bonds is 5. The van der Waals surface area contributed by atoms with Gasteiger partial charge < -0.3 is 14.5 Å². The largest absolute Gasteiger partial charge is 0.497 e. The highest BCUT2D eigenvalue weighted by Crippen LogP contribution is 2.15. The van der Waals surface area contributed by atoms with Gasteiger partial charge in [0.15, 0.2) is 0 Å². The summed E-state index contributed by atoms with van der Waals surface area (Å²) in [6, 6.07) is 7.83. The molecule has 24 heavy (non-hydrogen) atoms. The molecule has 132 valence electrons. The van der Waals surface area contributed by atoms with Gasteiger partial charge in [0.05, 0.1) is 7.11 Å². The molecule has 1 aromatic carbocycles. The molecule has 0 aromatic heterocycles. The Balaban J connectivity index is 1.85. The third kappa shape index (κ3) is 4.98. The Morgan fingerprint density at radius 3 is 2.54 bits per heavy atom. The Morgan fingerprint density at radius 1 is 1.12 bits per heavy atom. The lowest BCUT2D eigenvalue weighted by molar-refractivity contribution is -0.135. The fourth-order valence-electron chi connectivity index (χ4n) is 2.99. The normalized spacial score (nSPS) is 15.3. The second-order valence-corrected chi connectivity index (χ2v) is 6.57. The average molecular weight is 332 g/mol. The standard InChI is InChI=1S/C19H28N2O3/c1-15(2)19(23)21-11-5-10-20(12-13-21)18(22)9-8-16-6-4-7-17(14-16)24-3/h4,6-7,14-15H,5,8-13H2,1-3H3. The smallest absolute Gasteiger partial charge is 0.225 e. The molecule has 1 fully saturated rings. The van der Waals surface area contributed by atoms with E-state index in [1.165, 1.54) is 0 Å². The lowest BCUT2D eigenvalue weighted by Crippen LogP contribution is -2.39. The number of aryl methyl sites for hydroxylation is 1. The lowest BCUT2D eigenvalue weighted by Gasteiger charge is -2.23. The first-order valence-corrected chi connectivity index (χ1v) is 8.70. The van der Waals surface area contributed by atoms with E-state index in [1.54, 1.807) is 7.11 Å². The van der Waals surface area contributed by atoms with Crippen molar-refractivity contribution in [3.63, 3.8) is 0 Å². The summed E-state index contributed by atoms with van der Waals surface area (Å²) in [4.78, 5) is 28.4. The van der Waals surface area contributed by atoms with Crippen LogP contribution in [0.25, 0.3) is 0 Å². The van der Waals surface area contributed by atoms with E-state index in [4.69, 9.17) is 4.74 Å². The summed E-state index contributed by atoms with van der Waals surface area (Å²) < 4.78 is 5.22. The molecular weight excluding hydrogens is 304 g/mol. The van der Waals surface area contributed by atoms with Crippen molar-refractivity contribution in [2.24, 2.45) is 5.92 Å². The van der Waals surface area contributed by atoms with Gasteiger partial charge in [-0.2, -0.15) is 0 Å². The molecule has 2 amide bonds. The van der Waals surface area contributed by atoms with Gasteiger partial charge in [0.2, 0.25) is 11.8 Å². The van der Waals surface area contributed by atoms with Crippen molar-refractivity contribution in [2.75, 3.05) is 33.3 Å². The van der Waals surface area contributed by atoms with Gasteiger partial charge in [0.1, 0.15) is 5.75 Å². The van der Waals surface area contributed by atoms with Crippen molar-refractivity contribution in [1.82, 2.24) is 9.80 Å². The quantitative estimate of drug-likeness (QED) is 0.832. The maximum absolute atomic E-state index is 12.5. The molecule has 0 spiro atoms. The molecule has 0 unspecified atom stereocenters. The van der Waals surface area contributed by atoms with Gasteiger partial charge in [-0.25, -0.2) is 0 Å². The summed E-state index contributed by atoms with van der Waals surface area (Å²) in [5.41, 5.74) is 1.11. The van der Waals surface area contributed by atoms with E-state index >= 15 is 0 Å². The fourth-order valence-corrected chi connectivity index (χ4v) is 2.99. The molecule has 1 heterocycles. The molecule has 0 saturated carbocycles. The predicted octanol–water partition coefficient (Wildman–Crippen LogP) is 2.34. The molecule has 5 heteroatoms. The number of carbonyl (C=O) groups excluding carboxylic acids is 2. The summed E-state index contributed by atoms with van der Waals surface area (Å²) in [6.45, 7) is 6.60. The first kappa shape index (κ1) is 18.3. The highest BCUT2D eigenvalue weighted by molar-refractivity contribution is 5.79. The zero-order valence-electron chi connectivity index (χ0n) is 15.0. The minimum atomic E-state index is 0.0142. The molecule has 2 rings (SSSR count). The Hall–Kier alpha value is -2.04. The number of carbonyl (C=O) groups is 2. The van der Waals surface area contributed by atoms with Crippen molar-refractivity contribution in [2.45, 2.75) is 33.1 Å². The number of ether oxygens (including phenoxy) is 1. The fraction of sp³-hybridized carbons (Fsp3) is 0.579. The minimum absolute atomic E-state index is 0.0142. The summed E-state index contributed by atoms with van der Waals surface area (Å²) >= 11 is 0. The topological polar surface area (TPSA) is 49.9 Å². The highest BCUT2D eigenvalue weighted by Gasteiger charge is 2.23. The van der Waals surface area contributed by atoms with E-state index in [2.05, 4.69) is 0 Å². The third-order valence-electron chi connectivity index (χ3n) is 4.42. The van der Waals surface area contributed by atoms with Crippen LogP contribution in [0.1, 0.15) is 32.3 Å². The molecule has 0 N–H and O–H groups in total. The van der Waals surface area contributed by atoms with Gasteiger partial charge in [0.25, 0.3) is 0 Å². The van der Waals surface area contributed by atoms with Crippen molar-refractivity contribution >= 4 is 11.8 Å². The van der Waals surface area contributed by atoms with Crippen LogP contribution in [0.15, 0.2) is 24.3 Å². The lowest BCUT2D eigenvalue weighted by atomic mass is 10.1. The van der Waals surface area contributed by atoms with E-state index in [-0.39, 0.29) is 17.7 Å². The first-order chi connectivity index (χ1) is 11.5. The predicted molar refractivity (Wildman–Crippen MR) is 93.9 cm³/mol. The van der Waals surface area contributed by atoms with Crippen molar-refractivity contribution in [3.05, 3.63) is 29.8 Å². The van der Waals surface area contributed by atoms with Crippen molar-refractivity contribution < 1.29 is 14.3 Å². The van der Waals surface area contributed by atoms with Crippen LogP contribution in [0.3, 0.4) is 0 Å². The van der Waals surface area contributed by atoms with E-state index < -0.39 is 0 Å². The molecule has 1 aliphatic rings. The zero-order valence-corrected chi connectivity index (χ0v) is 15.0. The highest BCUT2D eigenvalue weighted by atomic mass is 16.5. The average Bonchev–Trinajstić information content (AvgIpc) is 2.85. The number of hydrogen-bond acceptors (Lipinski definition) is 3. The van der Waals surface area contributed by atoms with Gasteiger partial charge in [-0.1, -0.05) is 26.0 Å². The van der Waals surface area contributed by atoms with Gasteiger partial charge >= 0.3 is 0 Å². The van der Waals surface area contributed by atoms with E-state index in [9.17, 15) is 9.59 Å². The molecule has 1 saturated heterocycles. The van der Waals surface area contributed by atoms with Gasteiger partial charge in [-0.15, -0.1) is 0 Å². The van der Waals surface area contributed by atoms with E-state index in [1.807, 2.05) is 47.9 Å². The summed E-state index contributed by atoms with van der Waals surface area (Å²) in [5.74, 6) is 1.18. The number of hydrogen-bond donors (Lipinski definition) is 0. The Bertz CT molecular complexity index is 571. The minimum Gasteiger partial charge on any atom is -0.497 e. The number of benzene rings is 1. The summed E-state index contributed by atoms with van der Waals surface area (Å²) in [7, 11) is 1.64. The van der Waals surface area contributed by atoms with E-state index in [0.29, 0.717) is 25.9 Å². The molecule has 0 bridgehead atoms. The van der Waals surface area contributed by atoms with Crippen molar-refractivity contribution in [1.29, 1.82) is 0 Å². The molecule has 0 atom stereocenters. The summed E-state index contributed by atoms with van der Waals surface area (Å²) in [5, 5.41) is 0. The third-order valence-corrected chi connectivity index (χ3v) is 4.42. The van der Waals surface area contributed by atoms with Crippen LogP contribution in [0.4, 0.5) is 0 Å². The monoisotopic (exact) mass is 332 g/mol. The van der Waals surface area contributed by atoms with Crippen LogP contribution in [0.2, 0.25) is 0 Å². The Kier molecular flexibility index (Phi) is 6.64. The Morgan fingerprint density at radius 2 is 1.83 bits per heavy atom. The van der Waals surface area contributed by atoms with Crippen LogP contribution in [0.5, 0.6) is 5.75 Å². The first-order valence-electron chi connectivity index (χ1n) is 8.70. The van der Waals surface area contributed by atoms with Crippen LogP contribution in [-0.2, 0) is 16.0 Å². The van der Waals surface area contributed by atoms with Crippen LogP contribution >= 0.6 is 0 Å². The number of methoxy groups -OCH3 is 1. The number of amides is 2. The van der Waals surface area contributed by atoms with Crippen LogP contribution in [-0.4, -0.2) is 54.9 Å². The number of nitrogens with zero attached hydrogens (tertiary/aromatic N) is 2. The zero-order chi connectivity index (χ0) is 17.5. The van der Waals surface area contributed by atoms with Gasteiger partial charge in [-0.05, 0) is 30.5 Å². The molecule has 0 radical (unpaired) electrons. The molecular formula is C19H28N2O3. The van der Waals surface area contributed by atoms with Gasteiger partial charge in [0, 0.05) is 38.5 Å².